The average molecular weight is 485 g/mol. The zero-order valence-electron chi connectivity index (χ0n) is 15.1. The molecule has 1 N–H and O–H groups in total. The molecule has 0 aromatic heterocycles. The van der Waals surface area contributed by atoms with Crippen LogP contribution in [0.4, 0.5) is 5.69 Å². The topological polar surface area (TPSA) is 52.7 Å². The molecule has 1 aliphatic heterocycles. The number of hydrogen-bond acceptors (Lipinski definition) is 3. The van der Waals surface area contributed by atoms with Gasteiger partial charge >= 0.3 is 0 Å². The molecule has 0 saturated carbocycles. The van der Waals surface area contributed by atoms with Crippen molar-refractivity contribution in [2.24, 2.45) is 0 Å². The monoisotopic (exact) mass is 483 g/mol. The first-order valence-electron chi connectivity index (χ1n) is 8.91. The van der Waals surface area contributed by atoms with E-state index in [9.17, 15) is 9.59 Å². The number of halogens is 3. The normalized spacial score (nSPS) is 14.8. The van der Waals surface area contributed by atoms with Crippen LogP contribution >= 0.6 is 39.1 Å². The van der Waals surface area contributed by atoms with Crippen LogP contribution in [-0.2, 0) is 16.0 Å². The maximum Gasteiger partial charge on any atom is 0.238 e. The van der Waals surface area contributed by atoms with E-state index in [0.29, 0.717) is 48.3 Å². The second kappa shape index (κ2) is 9.74. The minimum atomic E-state index is -0.125. The van der Waals surface area contributed by atoms with E-state index in [2.05, 4.69) is 21.2 Å². The van der Waals surface area contributed by atoms with Gasteiger partial charge in [-0.15, -0.1) is 0 Å². The molecule has 0 bridgehead atoms. The molecule has 1 saturated heterocycles. The van der Waals surface area contributed by atoms with Crippen LogP contribution in [0.1, 0.15) is 5.56 Å². The van der Waals surface area contributed by atoms with E-state index in [4.69, 9.17) is 23.2 Å². The van der Waals surface area contributed by atoms with Gasteiger partial charge in [-0.1, -0.05) is 57.3 Å². The molecule has 2 aromatic carbocycles. The fourth-order valence-electron chi connectivity index (χ4n) is 3.06. The number of hydrogen-bond donors (Lipinski definition) is 1. The van der Waals surface area contributed by atoms with E-state index in [-0.39, 0.29) is 18.4 Å². The summed E-state index contributed by atoms with van der Waals surface area (Å²) in [4.78, 5) is 28.7. The molecule has 1 fully saturated rings. The van der Waals surface area contributed by atoms with Gasteiger partial charge < -0.3 is 10.2 Å². The Morgan fingerprint density at radius 1 is 1.00 bits per heavy atom. The quantitative estimate of drug-likeness (QED) is 0.695. The predicted molar refractivity (Wildman–Crippen MR) is 116 cm³/mol. The molecule has 1 heterocycles. The first-order chi connectivity index (χ1) is 13.4. The Morgan fingerprint density at radius 2 is 1.71 bits per heavy atom. The number of nitrogens with zero attached hydrogens (tertiary/aromatic N) is 2. The van der Waals surface area contributed by atoms with Crippen molar-refractivity contribution in [1.29, 1.82) is 0 Å². The summed E-state index contributed by atoms with van der Waals surface area (Å²) in [5, 5.41) is 3.92. The van der Waals surface area contributed by atoms with Crippen molar-refractivity contribution >= 4 is 56.6 Å². The number of amides is 2. The van der Waals surface area contributed by atoms with Gasteiger partial charge in [-0.05, 0) is 29.8 Å². The maximum absolute atomic E-state index is 12.5. The molecule has 5 nitrogen and oxygen atoms in total. The lowest BCUT2D eigenvalue weighted by molar-refractivity contribution is -0.132. The highest BCUT2D eigenvalue weighted by atomic mass is 79.9. The van der Waals surface area contributed by atoms with Gasteiger partial charge in [0.05, 0.1) is 23.7 Å². The van der Waals surface area contributed by atoms with Gasteiger partial charge in [0.2, 0.25) is 11.8 Å². The van der Waals surface area contributed by atoms with Crippen molar-refractivity contribution in [2.45, 2.75) is 6.42 Å². The maximum atomic E-state index is 12.5. The van der Waals surface area contributed by atoms with E-state index in [1.165, 1.54) is 0 Å². The number of anilines is 1. The predicted octanol–water partition coefficient (Wildman–Crippen LogP) is 4.08. The van der Waals surface area contributed by atoms with E-state index in [0.717, 1.165) is 10.0 Å². The van der Waals surface area contributed by atoms with Crippen LogP contribution in [0.5, 0.6) is 0 Å². The lowest BCUT2D eigenvalue weighted by Gasteiger charge is -2.34. The van der Waals surface area contributed by atoms with Crippen LogP contribution in [0.2, 0.25) is 10.0 Å². The Hall–Kier alpha value is -1.60. The highest BCUT2D eigenvalue weighted by Gasteiger charge is 2.23. The molecule has 2 amide bonds. The second-order valence-electron chi connectivity index (χ2n) is 6.60. The number of benzene rings is 2. The zero-order valence-corrected chi connectivity index (χ0v) is 18.2. The standard InChI is InChI=1S/C20H20BrCl2N3O2/c21-15-5-6-18(17(23)12-15)24-19(27)13-25-7-9-26(10-8-25)20(28)11-14-3-1-2-4-16(14)22/h1-6,12H,7-11,13H2,(H,24,27). The van der Waals surface area contributed by atoms with E-state index in [1.807, 2.05) is 34.1 Å². The van der Waals surface area contributed by atoms with Gasteiger partial charge in [-0.25, -0.2) is 0 Å². The van der Waals surface area contributed by atoms with Crippen molar-refractivity contribution in [3.8, 4) is 0 Å². The molecular formula is C20H20BrCl2N3O2. The van der Waals surface area contributed by atoms with E-state index >= 15 is 0 Å². The fraction of sp³-hybridized carbons (Fsp3) is 0.300. The van der Waals surface area contributed by atoms with Crippen molar-refractivity contribution in [3.63, 3.8) is 0 Å². The van der Waals surface area contributed by atoms with E-state index in [1.54, 1.807) is 18.2 Å². The first-order valence-corrected chi connectivity index (χ1v) is 10.5. The van der Waals surface area contributed by atoms with Gasteiger partial charge in [0.15, 0.2) is 0 Å². The van der Waals surface area contributed by atoms with Crippen molar-refractivity contribution in [1.82, 2.24) is 9.80 Å². The molecule has 2 aromatic rings. The summed E-state index contributed by atoms with van der Waals surface area (Å²) in [5.74, 6) is -0.0705. The molecule has 1 aliphatic rings. The number of rotatable bonds is 5. The Kier molecular flexibility index (Phi) is 7.35. The third-order valence-electron chi connectivity index (χ3n) is 4.60. The summed E-state index contributed by atoms with van der Waals surface area (Å²) < 4.78 is 0.855. The van der Waals surface area contributed by atoms with Gasteiger partial charge in [-0.3, -0.25) is 14.5 Å². The van der Waals surface area contributed by atoms with Crippen LogP contribution in [0.25, 0.3) is 0 Å². The lowest BCUT2D eigenvalue weighted by atomic mass is 10.1. The van der Waals surface area contributed by atoms with E-state index < -0.39 is 0 Å². The van der Waals surface area contributed by atoms with Crippen LogP contribution in [0.3, 0.4) is 0 Å². The molecule has 8 heteroatoms. The van der Waals surface area contributed by atoms with Crippen LogP contribution < -0.4 is 5.32 Å². The summed E-state index contributed by atoms with van der Waals surface area (Å²) in [5.41, 5.74) is 1.42. The highest BCUT2D eigenvalue weighted by Crippen LogP contribution is 2.25. The lowest BCUT2D eigenvalue weighted by Crippen LogP contribution is -2.50. The molecule has 3 rings (SSSR count). The molecular weight excluding hydrogens is 465 g/mol. The molecule has 0 aliphatic carbocycles. The Morgan fingerprint density at radius 3 is 2.39 bits per heavy atom. The second-order valence-corrected chi connectivity index (χ2v) is 8.33. The summed E-state index contributed by atoms with van der Waals surface area (Å²) in [6, 6.07) is 12.7. The van der Waals surface area contributed by atoms with Crippen LogP contribution in [0, 0.1) is 0 Å². The number of piperazine rings is 1. The van der Waals surface area contributed by atoms with Gasteiger partial charge in [0.25, 0.3) is 0 Å². The number of carbonyl (C=O) groups excluding carboxylic acids is 2. The summed E-state index contributed by atoms with van der Waals surface area (Å²) >= 11 is 15.6. The van der Waals surface area contributed by atoms with Crippen LogP contribution in [0.15, 0.2) is 46.9 Å². The van der Waals surface area contributed by atoms with Crippen molar-refractivity contribution in [2.75, 3.05) is 38.0 Å². The minimum Gasteiger partial charge on any atom is -0.340 e. The Labute approximate surface area is 182 Å². The fourth-order valence-corrected chi connectivity index (χ4v) is 3.98. The first kappa shape index (κ1) is 21.1. The number of carbonyl (C=O) groups is 2. The van der Waals surface area contributed by atoms with Crippen molar-refractivity contribution in [3.05, 3.63) is 62.5 Å². The Bertz CT molecular complexity index is 870. The zero-order chi connectivity index (χ0) is 20.1. The van der Waals surface area contributed by atoms with Gasteiger partial charge in [0, 0.05) is 35.7 Å². The third kappa shape index (κ3) is 5.70. The Balaban J connectivity index is 1.46. The van der Waals surface area contributed by atoms with Gasteiger partial charge in [0.1, 0.15) is 0 Å². The van der Waals surface area contributed by atoms with Gasteiger partial charge in [-0.2, -0.15) is 0 Å². The SMILES string of the molecule is O=C(CN1CCN(C(=O)Cc2ccccc2Cl)CC1)Nc1ccc(Br)cc1Cl. The molecule has 148 valence electrons. The molecule has 0 unspecified atom stereocenters. The van der Waals surface area contributed by atoms with Crippen LogP contribution in [-0.4, -0.2) is 54.3 Å². The molecule has 0 radical (unpaired) electrons. The molecule has 28 heavy (non-hydrogen) atoms. The minimum absolute atomic E-state index is 0.0545. The third-order valence-corrected chi connectivity index (χ3v) is 5.77. The van der Waals surface area contributed by atoms with Crippen molar-refractivity contribution < 1.29 is 9.59 Å². The largest absolute Gasteiger partial charge is 0.340 e. The molecule has 0 spiro atoms. The average Bonchev–Trinajstić information content (AvgIpc) is 2.66. The smallest absolute Gasteiger partial charge is 0.238 e. The summed E-state index contributed by atoms with van der Waals surface area (Å²) in [6.45, 7) is 2.75. The summed E-state index contributed by atoms with van der Waals surface area (Å²) in [7, 11) is 0. The highest BCUT2D eigenvalue weighted by molar-refractivity contribution is 9.10. The number of nitrogens with one attached hydrogen (secondary N) is 1. The molecule has 0 atom stereocenters. The summed E-state index contributed by atoms with van der Waals surface area (Å²) in [6.07, 6.45) is 0.294.